The summed E-state index contributed by atoms with van der Waals surface area (Å²) in [4.78, 5) is 26.8. The van der Waals surface area contributed by atoms with Crippen molar-refractivity contribution in [2.45, 2.75) is 38.8 Å². The molecule has 0 saturated carbocycles. The van der Waals surface area contributed by atoms with Crippen LogP contribution in [0, 0.1) is 0 Å². The SMILES string of the molecule is COC(=O)c1cn([C@H]2C[C@@H](C(=O)NCCc3cccc(Cl)c3)N(CC=C(C)C)C2)nn1. The summed E-state index contributed by atoms with van der Waals surface area (Å²) in [6.07, 6.45) is 4.98. The molecular formula is C22H28ClN5O3. The van der Waals surface area contributed by atoms with E-state index in [4.69, 9.17) is 16.3 Å². The lowest BCUT2D eigenvalue weighted by atomic mass is 10.1. The molecule has 2 heterocycles. The molecule has 0 bridgehead atoms. The third-order valence-corrected chi connectivity index (χ3v) is 5.53. The summed E-state index contributed by atoms with van der Waals surface area (Å²) >= 11 is 6.03. The van der Waals surface area contributed by atoms with E-state index in [-0.39, 0.29) is 23.7 Å². The second-order valence-corrected chi connectivity index (χ2v) is 8.32. The zero-order valence-corrected chi connectivity index (χ0v) is 18.8. The van der Waals surface area contributed by atoms with Gasteiger partial charge in [-0.1, -0.05) is 40.6 Å². The lowest BCUT2D eigenvalue weighted by Gasteiger charge is -2.22. The van der Waals surface area contributed by atoms with Crippen LogP contribution in [0.2, 0.25) is 5.02 Å². The van der Waals surface area contributed by atoms with Gasteiger partial charge in [-0.05, 0) is 44.4 Å². The fourth-order valence-corrected chi connectivity index (χ4v) is 3.85. The predicted molar refractivity (Wildman–Crippen MR) is 118 cm³/mol. The average molecular weight is 446 g/mol. The minimum absolute atomic E-state index is 0.0139. The summed E-state index contributed by atoms with van der Waals surface area (Å²) in [5, 5.41) is 11.7. The van der Waals surface area contributed by atoms with Crippen molar-refractivity contribution in [3.63, 3.8) is 0 Å². The maximum absolute atomic E-state index is 13.0. The van der Waals surface area contributed by atoms with Crippen molar-refractivity contribution in [2.75, 3.05) is 26.7 Å². The number of carbonyl (C=O) groups is 2. The number of nitrogens with zero attached hydrogens (tertiary/aromatic N) is 4. The van der Waals surface area contributed by atoms with Crippen LogP contribution in [0.1, 0.15) is 42.4 Å². The van der Waals surface area contributed by atoms with Crippen molar-refractivity contribution in [2.24, 2.45) is 0 Å². The fraction of sp³-hybridized carbons (Fsp3) is 0.455. The minimum atomic E-state index is -0.527. The highest BCUT2D eigenvalue weighted by Gasteiger charge is 2.37. The highest BCUT2D eigenvalue weighted by Crippen LogP contribution is 2.27. The molecule has 1 amide bonds. The van der Waals surface area contributed by atoms with Gasteiger partial charge >= 0.3 is 5.97 Å². The molecule has 3 rings (SSSR count). The van der Waals surface area contributed by atoms with Gasteiger partial charge in [0.05, 0.1) is 25.4 Å². The van der Waals surface area contributed by atoms with Gasteiger partial charge in [-0.2, -0.15) is 0 Å². The molecule has 1 aromatic carbocycles. The van der Waals surface area contributed by atoms with Gasteiger partial charge in [-0.15, -0.1) is 5.10 Å². The first-order valence-corrected chi connectivity index (χ1v) is 10.6. The van der Waals surface area contributed by atoms with E-state index in [1.54, 1.807) is 10.9 Å². The maximum atomic E-state index is 13.0. The van der Waals surface area contributed by atoms with Gasteiger partial charge < -0.3 is 10.1 Å². The molecule has 8 nitrogen and oxygen atoms in total. The summed E-state index contributed by atoms with van der Waals surface area (Å²) < 4.78 is 6.35. The molecule has 1 fully saturated rings. The number of rotatable bonds is 8. The number of hydrogen-bond donors (Lipinski definition) is 1. The van der Waals surface area contributed by atoms with Gasteiger partial charge in [0.1, 0.15) is 0 Å². The van der Waals surface area contributed by atoms with Crippen molar-refractivity contribution in [1.29, 1.82) is 0 Å². The van der Waals surface area contributed by atoms with E-state index < -0.39 is 5.97 Å². The zero-order valence-electron chi connectivity index (χ0n) is 18.0. The molecule has 1 aliphatic rings. The first kappa shape index (κ1) is 23.0. The number of methoxy groups -OCH3 is 1. The molecule has 1 saturated heterocycles. The third kappa shape index (κ3) is 6.15. The number of benzene rings is 1. The molecule has 2 aromatic rings. The third-order valence-electron chi connectivity index (χ3n) is 5.30. The van der Waals surface area contributed by atoms with Crippen LogP contribution in [0.3, 0.4) is 0 Å². The van der Waals surface area contributed by atoms with Gasteiger partial charge in [0, 0.05) is 24.7 Å². The lowest BCUT2D eigenvalue weighted by Crippen LogP contribution is -2.43. The summed E-state index contributed by atoms with van der Waals surface area (Å²) in [7, 11) is 1.31. The molecule has 0 radical (unpaired) electrons. The van der Waals surface area contributed by atoms with Crippen LogP contribution in [-0.4, -0.2) is 64.6 Å². The number of hydrogen-bond acceptors (Lipinski definition) is 6. The van der Waals surface area contributed by atoms with Crippen molar-refractivity contribution >= 4 is 23.5 Å². The van der Waals surface area contributed by atoms with E-state index >= 15 is 0 Å². The molecule has 9 heteroatoms. The quantitative estimate of drug-likeness (QED) is 0.496. The Hall–Kier alpha value is -2.71. The van der Waals surface area contributed by atoms with Crippen molar-refractivity contribution in [3.05, 3.63) is 58.4 Å². The smallest absolute Gasteiger partial charge is 0.360 e. The van der Waals surface area contributed by atoms with Gasteiger partial charge in [-0.25, -0.2) is 9.48 Å². The van der Waals surface area contributed by atoms with E-state index in [1.165, 1.54) is 12.7 Å². The first-order valence-electron chi connectivity index (χ1n) is 10.3. The van der Waals surface area contributed by atoms with Gasteiger partial charge in [-0.3, -0.25) is 9.69 Å². The molecule has 1 N–H and O–H groups in total. The van der Waals surface area contributed by atoms with Crippen molar-refractivity contribution in [1.82, 2.24) is 25.2 Å². The second-order valence-electron chi connectivity index (χ2n) is 7.89. The molecule has 1 aromatic heterocycles. The number of carbonyl (C=O) groups excluding carboxylic acids is 2. The summed E-state index contributed by atoms with van der Waals surface area (Å²) in [5.41, 5.74) is 2.43. The van der Waals surface area contributed by atoms with Crippen LogP contribution in [0.15, 0.2) is 42.1 Å². The van der Waals surface area contributed by atoms with Gasteiger partial charge in [0.15, 0.2) is 5.69 Å². The van der Waals surface area contributed by atoms with Crippen LogP contribution >= 0.6 is 11.6 Å². The molecule has 0 spiro atoms. The predicted octanol–water partition coefficient (Wildman–Crippen LogP) is 2.66. The van der Waals surface area contributed by atoms with E-state index in [0.29, 0.717) is 37.5 Å². The van der Waals surface area contributed by atoms with Crippen molar-refractivity contribution < 1.29 is 14.3 Å². The number of ether oxygens (including phenoxy) is 1. The van der Waals surface area contributed by atoms with Gasteiger partial charge in [0.2, 0.25) is 5.91 Å². The largest absolute Gasteiger partial charge is 0.464 e. The molecule has 2 atom stereocenters. The van der Waals surface area contributed by atoms with E-state index in [2.05, 4.69) is 26.6 Å². The standard InChI is InChI=1S/C22H28ClN5O3/c1-15(2)8-10-27-13-18(28-14-19(25-26-28)22(30)31-3)12-20(27)21(29)24-9-7-16-5-4-6-17(23)11-16/h4-6,8,11,14,18,20H,7,9-10,12-13H2,1-3H3,(H,24,29)/t18-,20-/m0/s1. The Kier molecular flexibility index (Phi) is 7.81. The number of aromatic nitrogens is 3. The van der Waals surface area contributed by atoms with E-state index in [1.807, 2.05) is 38.1 Å². The Morgan fingerprint density at radius 3 is 2.87 bits per heavy atom. The number of likely N-dealkylation sites (tertiary alicyclic amines) is 1. The lowest BCUT2D eigenvalue weighted by molar-refractivity contribution is -0.125. The van der Waals surface area contributed by atoms with Crippen LogP contribution < -0.4 is 5.32 Å². The Labute approximate surface area is 187 Å². The maximum Gasteiger partial charge on any atom is 0.360 e. The molecule has 1 aliphatic heterocycles. The Balaban J connectivity index is 1.65. The topological polar surface area (TPSA) is 89.4 Å². The van der Waals surface area contributed by atoms with Crippen LogP contribution in [0.5, 0.6) is 0 Å². The first-order chi connectivity index (χ1) is 14.9. The number of allylic oxidation sites excluding steroid dienone is 1. The normalized spacial score (nSPS) is 18.6. The highest BCUT2D eigenvalue weighted by molar-refractivity contribution is 6.30. The van der Waals surface area contributed by atoms with Crippen LogP contribution in [-0.2, 0) is 16.0 Å². The molecule has 0 aliphatic carbocycles. The summed E-state index contributed by atoms with van der Waals surface area (Å²) in [6.45, 7) is 5.91. The highest BCUT2D eigenvalue weighted by atomic mass is 35.5. The number of halogens is 1. The van der Waals surface area contributed by atoms with E-state index in [0.717, 1.165) is 5.56 Å². The second kappa shape index (κ2) is 10.5. The van der Waals surface area contributed by atoms with Crippen molar-refractivity contribution in [3.8, 4) is 0 Å². The Morgan fingerprint density at radius 2 is 2.16 bits per heavy atom. The monoisotopic (exact) mass is 445 g/mol. The molecule has 0 unspecified atom stereocenters. The average Bonchev–Trinajstić information content (AvgIpc) is 3.39. The number of amides is 1. The number of nitrogens with one attached hydrogen (secondary N) is 1. The van der Waals surface area contributed by atoms with Crippen LogP contribution in [0.4, 0.5) is 0 Å². The Morgan fingerprint density at radius 1 is 1.35 bits per heavy atom. The molecule has 166 valence electrons. The minimum Gasteiger partial charge on any atom is -0.464 e. The molecular weight excluding hydrogens is 418 g/mol. The van der Waals surface area contributed by atoms with Crippen LogP contribution in [0.25, 0.3) is 0 Å². The summed E-state index contributed by atoms with van der Waals surface area (Å²) in [6, 6.07) is 7.30. The number of esters is 1. The van der Waals surface area contributed by atoms with E-state index in [9.17, 15) is 9.59 Å². The zero-order chi connectivity index (χ0) is 22.4. The Bertz CT molecular complexity index is 954. The van der Waals surface area contributed by atoms with Gasteiger partial charge in [0.25, 0.3) is 0 Å². The fourth-order valence-electron chi connectivity index (χ4n) is 3.64. The molecule has 31 heavy (non-hydrogen) atoms. The summed E-state index contributed by atoms with van der Waals surface area (Å²) in [5.74, 6) is -0.541.